The van der Waals surface area contributed by atoms with Crippen LogP contribution < -0.4 is 0 Å². The van der Waals surface area contributed by atoms with Crippen LogP contribution >= 0.6 is 23.1 Å². The first-order chi connectivity index (χ1) is 11.4. The molecule has 0 aliphatic heterocycles. The summed E-state index contributed by atoms with van der Waals surface area (Å²) in [5, 5.41) is 16.1. The van der Waals surface area contributed by atoms with E-state index >= 15 is 0 Å². The number of thioether (sulfide) groups is 1. The summed E-state index contributed by atoms with van der Waals surface area (Å²) in [6.07, 6.45) is 6.34. The van der Waals surface area contributed by atoms with Gasteiger partial charge < -0.3 is 4.52 Å². The SMILES string of the molecule is c1cc(-c2noc(CSc3n[nH]c(CC4CCCC4)n3)n2)cs1. The largest absolute Gasteiger partial charge is 0.338 e. The van der Waals surface area contributed by atoms with Gasteiger partial charge in [-0.2, -0.15) is 16.3 Å². The molecule has 0 atom stereocenters. The van der Waals surface area contributed by atoms with E-state index in [1.807, 2.05) is 16.8 Å². The van der Waals surface area contributed by atoms with E-state index in [1.165, 1.54) is 37.4 Å². The van der Waals surface area contributed by atoms with Crippen molar-refractivity contribution >= 4 is 23.1 Å². The van der Waals surface area contributed by atoms with Gasteiger partial charge in [0.1, 0.15) is 5.82 Å². The summed E-state index contributed by atoms with van der Waals surface area (Å²) in [6.45, 7) is 0. The van der Waals surface area contributed by atoms with Gasteiger partial charge in [-0.15, -0.1) is 5.10 Å². The number of aromatic amines is 1. The van der Waals surface area contributed by atoms with Crippen molar-refractivity contribution in [3.05, 3.63) is 28.5 Å². The summed E-state index contributed by atoms with van der Waals surface area (Å²) in [6, 6.07) is 1.98. The van der Waals surface area contributed by atoms with E-state index < -0.39 is 0 Å². The maximum Gasteiger partial charge on any atom is 0.237 e. The third-order valence-electron chi connectivity index (χ3n) is 4.04. The molecule has 1 N–H and O–H groups in total. The second kappa shape index (κ2) is 6.84. The van der Waals surface area contributed by atoms with Gasteiger partial charge in [0.15, 0.2) is 0 Å². The maximum absolute atomic E-state index is 5.28. The molecule has 0 aromatic carbocycles. The Morgan fingerprint density at radius 1 is 1.30 bits per heavy atom. The van der Waals surface area contributed by atoms with Crippen LogP contribution in [-0.2, 0) is 12.2 Å². The Hall–Kier alpha value is -1.67. The van der Waals surface area contributed by atoms with Crippen molar-refractivity contribution < 1.29 is 4.52 Å². The average molecular weight is 347 g/mol. The summed E-state index contributed by atoms with van der Waals surface area (Å²) in [7, 11) is 0. The lowest BCUT2D eigenvalue weighted by atomic mass is 10.0. The minimum absolute atomic E-state index is 0.581. The number of thiophene rings is 1. The van der Waals surface area contributed by atoms with Crippen LogP contribution in [0.15, 0.2) is 26.5 Å². The van der Waals surface area contributed by atoms with Crippen LogP contribution in [0, 0.1) is 5.92 Å². The highest BCUT2D eigenvalue weighted by atomic mass is 32.2. The van der Waals surface area contributed by atoms with Crippen molar-refractivity contribution in [1.82, 2.24) is 25.3 Å². The highest BCUT2D eigenvalue weighted by Gasteiger charge is 2.17. The topological polar surface area (TPSA) is 80.5 Å². The molecule has 3 aromatic rings. The van der Waals surface area contributed by atoms with Gasteiger partial charge >= 0.3 is 0 Å². The molecule has 1 fully saturated rings. The Labute approximate surface area is 142 Å². The van der Waals surface area contributed by atoms with Crippen LogP contribution in [0.25, 0.3) is 11.4 Å². The number of nitrogens with zero attached hydrogens (tertiary/aromatic N) is 4. The zero-order chi connectivity index (χ0) is 15.5. The number of aromatic nitrogens is 5. The molecular weight excluding hydrogens is 330 g/mol. The number of hydrogen-bond donors (Lipinski definition) is 1. The van der Waals surface area contributed by atoms with Gasteiger partial charge in [-0.3, -0.25) is 5.10 Å². The van der Waals surface area contributed by atoms with Crippen LogP contribution in [0.4, 0.5) is 0 Å². The molecule has 3 heterocycles. The second-order valence-corrected chi connectivity index (χ2v) is 7.45. The fourth-order valence-electron chi connectivity index (χ4n) is 2.87. The lowest BCUT2D eigenvalue weighted by Crippen LogP contribution is -2.00. The highest BCUT2D eigenvalue weighted by Crippen LogP contribution is 2.28. The van der Waals surface area contributed by atoms with Gasteiger partial charge in [0.05, 0.1) is 5.75 Å². The molecule has 0 spiro atoms. The molecule has 4 rings (SSSR count). The van der Waals surface area contributed by atoms with Crippen LogP contribution in [0.3, 0.4) is 0 Å². The molecule has 6 nitrogen and oxygen atoms in total. The zero-order valence-corrected chi connectivity index (χ0v) is 14.2. The maximum atomic E-state index is 5.28. The summed E-state index contributed by atoms with van der Waals surface area (Å²) in [5.41, 5.74) is 0.992. The molecule has 0 saturated heterocycles. The first-order valence-electron chi connectivity index (χ1n) is 7.76. The Morgan fingerprint density at radius 3 is 3.04 bits per heavy atom. The molecule has 3 aromatic heterocycles. The number of nitrogens with one attached hydrogen (secondary N) is 1. The summed E-state index contributed by atoms with van der Waals surface area (Å²) in [4.78, 5) is 8.95. The lowest BCUT2D eigenvalue weighted by molar-refractivity contribution is 0.391. The molecular formula is C15H17N5OS2. The number of rotatable bonds is 6. The van der Waals surface area contributed by atoms with E-state index in [1.54, 1.807) is 11.3 Å². The average Bonchev–Trinajstić information content (AvgIpc) is 3.33. The fourth-order valence-corrected chi connectivity index (χ4v) is 4.16. The monoisotopic (exact) mass is 347 g/mol. The molecule has 0 unspecified atom stereocenters. The van der Waals surface area contributed by atoms with Gasteiger partial charge in [-0.05, 0) is 17.4 Å². The minimum Gasteiger partial charge on any atom is -0.338 e. The smallest absolute Gasteiger partial charge is 0.237 e. The van der Waals surface area contributed by atoms with Crippen LogP contribution in [0.2, 0.25) is 0 Å². The lowest BCUT2D eigenvalue weighted by Gasteiger charge is -2.03. The van der Waals surface area contributed by atoms with Gasteiger partial charge in [-0.1, -0.05) is 42.6 Å². The molecule has 0 radical (unpaired) electrons. The molecule has 0 amide bonds. The third-order valence-corrected chi connectivity index (χ3v) is 5.56. The molecule has 120 valence electrons. The minimum atomic E-state index is 0.581. The van der Waals surface area contributed by atoms with Gasteiger partial charge in [0.25, 0.3) is 0 Å². The Bertz CT molecular complexity index is 746. The van der Waals surface area contributed by atoms with Crippen LogP contribution in [0.5, 0.6) is 0 Å². The van der Waals surface area contributed by atoms with Crippen molar-refractivity contribution in [3.8, 4) is 11.4 Å². The highest BCUT2D eigenvalue weighted by molar-refractivity contribution is 7.98. The Morgan fingerprint density at radius 2 is 2.22 bits per heavy atom. The molecule has 1 saturated carbocycles. The van der Waals surface area contributed by atoms with E-state index in [0.717, 1.165) is 28.9 Å². The predicted octanol–water partition coefficient (Wildman–Crippen LogP) is 3.94. The zero-order valence-electron chi connectivity index (χ0n) is 12.6. The molecule has 1 aliphatic carbocycles. The van der Waals surface area contributed by atoms with Crippen molar-refractivity contribution in [2.24, 2.45) is 5.92 Å². The van der Waals surface area contributed by atoms with E-state index in [4.69, 9.17) is 4.52 Å². The molecule has 23 heavy (non-hydrogen) atoms. The summed E-state index contributed by atoms with van der Waals surface area (Å²) >= 11 is 3.13. The molecule has 8 heteroatoms. The normalized spacial score (nSPS) is 15.5. The van der Waals surface area contributed by atoms with Gasteiger partial charge in [-0.25, -0.2) is 4.98 Å². The Kier molecular flexibility index (Phi) is 4.43. The van der Waals surface area contributed by atoms with Gasteiger partial charge in [0, 0.05) is 17.4 Å². The number of H-pyrrole nitrogens is 1. The Balaban J connectivity index is 1.33. The van der Waals surface area contributed by atoms with E-state index in [0.29, 0.717) is 17.5 Å². The summed E-state index contributed by atoms with van der Waals surface area (Å²) in [5.74, 6) is 3.57. The molecule has 1 aliphatic rings. The van der Waals surface area contributed by atoms with Crippen LogP contribution in [-0.4, -0.2) is 25.3 Å². The van der Waals surface area contributed by atoms with E-state index in [9.17, 15) is 0 Å². The van der Waals surface area contributed by atoms with E-state index in [-0.39, 0.29) is 0 Å². The van der Waals surface area contributed by atoms with Crippen molar-refractivity contribution in [1.29, 1.82) is 0 Å². The number of hydrogen-bond acceptors (Lipinski definition) is 7. The van der Waals surface area contributed by atoms with Gasteiger partial charge in [0.2, 0.25) is 16.9 Å². The van der Waals surface area contributed by atoms with Crippen molar-refractivity contribution in [2.75, 3.05) is 0 Å². The molecule has 0 bridgehead atoms. The quantitative estimate of drug-likeness (QED) is 0.680. The van der Waals surface area contributed by atoms with E-state index in [2.05, 4.69) is 25.3 Å². The first kappa shape index (κ1) is 14.9. The fraction of sp³-hybridized carbons (Fsp3) is 0.467. The predicted molar refractivity (Wildman–Crippen MR) is 89.2 cm³/mol. The first-order valence-corrected chi connectivity index (χ1v) is 9.69. The summed E-state index contributed by atoms with van der Waals surface area (Å²) < 4.78 is 5.28. The van der Waals surface area contributed by atoms with Crippen molar-refractivity contribution in [3.63, 3.8) is 0 Å². The second-order valence-electron chi connectivity index (χ2n) is 5.73. The third kappa shape index (κ3) is 3.64. The van der Waals surface area contributed by atoms with Crippen LogP contribution in [0.1, 0.15) is 37.4 Å². The standard InChI is InChI=1S/C15H17N5OS2/c1-2-4-10(3-1)7-12-16-15(19-18-12)23-9-13-17-14(20-21-13)11-5-6-22-8-11/h5-6,8,10H,1-4,7,9H2,(H,16,18,19). The van der Waals surface area contributed by atoms with Crippen molar-refractivity contribution in [2.45, 2.75) is 43.0 Å².